The molecule has 1 fully saturated rings. The van der Waals surface area contributed by atoms with Crippen molar-refractivity contribution in [2.75, 3.05) is 5.75 Å². The van der Waals surface area contributed by atoms with Crippen LogP contribution in [0, 0.1) is 0 Å². The molecule has 0 saturated heterocycles. The molecular formula is C24H29N5OS. The number of aromatic nitrogens is 4. The van der Waals surface area contributed by atoms with Crippen molar-refractivity contribution in [2.24, 2.45) is 0 Å². The zero-order valence-corrected chi connectivity index (χ0v) is 19.0. The van der Waals surface area contributed by atoms with E-state index >= 15 is 0 Å². The molecule has 162 valence electrons. The summed E-state index contributed by atoms with van der Waals surface area (Å²) in [6, 6.07) is 10.6. The number of hydrogen-bond donors (Lipinski definition) is 1. The Balaban J connectivity index is 1.70. The fourth-order valence-electron chi connectivity index (χ4n) is 4.22. The number of nitrogens with zero attached hydrogens (tertiary/aromatic N) is 4. The second kappa shape index (κ2) is 10.1. The van der Waals surface area contributed by atoms with E-state index in [0.29, 0.717) is 11.8 Å². The zero-order valence-electron chi connectivity index (χ0n) is 18.2. The molecule has 0 atom stereocenters. The molecule has 4 rings (SSSR count). The van der Waals surface area contributed by atoms with Crippen LogP contribution in [-0.4, -0.2) is 37.5 Å². The molecule has 1 amide bonds. The summed E-state index contributed by atoms with van der Waals surface area (Å²) in [5.74, 6) is 1.15. The van der Waals surface area contributed by atoms with Crippen LogP contribution < -0.4 is 5.32 Å². The van der Waals surface area contributed by atoms with Crippen LogP contribution in [0.4, 0.5) is 0 Å². The molecule has 0 aliphatic heterocycles. The van der Waals surface area contributed by atoms with E-state index in [1.165, 1.54) is 35.7 Å². The number of nitrogens with one attached hydrogen (secondary N) is 1. The monoisotopic (exact) mass is 435 g/mol. The highest BCUT2D eigenvalue weighted by Crippen LogP contribution is 2.32. The Labute approximate surface area is 187 Å². The van der Waals surface area contributed by atoms with E-state index in [-0.39, 0.29) is 5.91 Å². The van der Waals surface area contributed by atoms with Crippen LogP contribution in [0.25, 0.3) is 17.1 Å². The van der Waals surface area contributed by atoms with Crippen LogP contribution in [0.3, 0.4) is 0 Å². The number of pyridine rings is 1. The first-order valence-electron chi connectivity index (χ1n) is 11.1. The average molecular weight is 436 g/mol. The molecule has 0 unspecified atom stereocenters. The highest BCUT2D eigenvalue weighted by molar-refractivity contribution is 7.99. The van der Waals surface area contributed by atoms with E-state index in [9.17, 15) is 4.79 Å². The third kappa shape index (κ3) is 4.82. The van der Waals surface area contributed by atoms with Gasteiger partial charge in [-0.05, 0) is 48.9 Å². The van der Waals surface area contributed by atoms with Gasteiger partial charge < -0.3 is 5.32 Å². The molecule has 1 saturated carbocycles. The molecule has 7 heteroatoms. The second-order valence-corrected chi connectivity index (χ2v) is 8.80. The first-order valence-corrected chi connectivity index (χ1v) is 12.1. The lowest BCUT2D eigenvalue weighted by atomic mass is 10.0. The Morgan fingerprint density at radius 2 is 1.84 bits per heavy atom. The van der Waals surface area contributed by atoms with Crippen LogP contribution in [0.15, 0.2) is 47.9 Å². The van der Waals surface area contributed by atoms with Gasteiger partial charge in [0.15, 0.2) is 11.0 Å². The van der Waals surface area contributed by atoms with Crippen molar-refractivity contribution >= 4 is 17.7 Å². The first-order chi connectivity index (χ1) is 15.2. The maximum absolute atomic E-state index is 12.5. The smallest absolute Gasteiger partial charge is 0.230 e. The number of amides is 1. The number of rotatable bonds is 8. The number of para-hydroxylation sites is 1. The van der Waals surface area contributed by atoms with E-state index in [1.54, 1.807) is 6.20 Å². The van der Waals surface area contributed by atoms with Crippen LogP contribution >= 0.6 is 11.8 Å². The summed E-state index contributed by atoms with van der Waals surface area (Å²) < 4.78 is 2.11. The minimum atomic E-state index is 0.0638. The van der Waals surface area contributed by atoms with E-state index < -0.39 is 0 Å². The molecule has 0 bridgehead atoms. The maximum Gasteiger partial charge on any atom is 0.230 e. The van der Waals surface area contributed by atoms with Gasteiger partial charge in [-0.15, -0.1) is 10.2 Å². The summed E-state index contributed by atoms with van der Waals surface area (Å²) in [5, 5.41) is 12.9. The topological polar surface area (TPSA) is 72.7 Å². The lowest BCUT2D eigenvalue weighted by molar-refractivity contribution is -0.119. The van der Waals surface area contributed by atoms with Crippen molar-refractivity contribution in [3.05, 3.63) is 53.9 Å². The number of aryl methyl sites for hydroxylation is 2. The molecule has 1 aliphatic rings. The Morgan fingerprint density at radius 3 is 2.48 bits per heavy atom. The van der Waals surface area contributed by atoms with Gasteiger partial charge in [-0.25, -0.2) is 0 Å². The molecule has 1 aromatic carbocycles. The van der Waals surface area contributed by atoms with Gasteiger partial charge in [0, 0.05) is 24.0 Å². The third-order valence-corrected chi connectivity index (χ3v) is 6.72. The lowest BCUT2D eigenvalue weighted by Gasteiger charge is -2.18. The van der Waals surface area contributed by atoms with Crippen LogP contribution in [-0.2, 0) is 17.6 Å². The van der Waals surface area contributed by atoms with Gasteiger partial charge in [-0.3, -0.25) is 14.3 Å². The molecule has 2 heterocycles. The van der Waals surface area contributed by atoms with E-state index in [2.05, 4.69) is 57.1 Å². The van der Waals surface area contributed by atoms with Gasteiger partial charge in [-0.2, -0.15) is 0 Å². The van der Waals surface area contributed by atoms with Gasteiger partial charge in [-0.1, -0.05) is 56.7 Å². The molecule has 31 heavy (non-hydrogen) atoms. The van der Waals surface area contributed by atoms with Crippen LogP contribution in [0.1, 0.15) is 50.7 Å². The minimum Gasteiger partial charge on any atom is -0.353 e. The highest BCUT2D eigenvalue weighted by Gasteiger charge is 2.22. The fraction of sp³-hybridized carbons (Fsp3) is 0.417. The second-order valence-electron chi connectivity index (χ2n) is 7.85. The molecule has 1 N–H and O–H groups in total. The molecule has 6 nitrogen and oxygen atoms in total. The Bertz CT molecular complexity index is 1010. The van der Waals surface area contributed by atoms with E-state index in [0.717, 1.165) is 47.9 Å². The van der Waals surface area contributed by atoms with Gasteiger partial charge in [0.1, 0.15) is 0 Å². The number of carbonyl (C=O) groups is 1. The summed E-state index contributed by atoms with van der Waals surface area (Å²) in [5.41, 5.74) is 4.50. The summed E-state index contributed by atoms with van der Waals surface area (Å²) in [6.07, 6.45) is 9.94. The number of hydrogen-bond acceptors (Lipinski definition) is 5. The van der Waals surface area contributed by atoms with E-state index in [4.69, 9.17) is 0 Å². The van der Waals surface area contributed by atoms with Crippen molar-refractivity contribution in [2.45, 2.75) is 63.6 Å². The normalized spacial score (nSPS) is 14.1. The SMILES string of the molecule is CCc1cccc(CC)c1-n1c(SCC(=O)NC2CCCC2)nnc1-c1cccnc1. The van der Waals surface area contributed by atoms with Crippen LogP contribution in [0.5, 0.6) is 0 Å². The third-order valence-electron chi connectivity index (χ3n) is 5.79. The lowest BCUT2D eigenvalue weighted by Crippen LogP contribution is -2.33. The first kappa shape index (κ1) is 21.6. The number of carbonyl (C=O) groups excluding carboxylic acids is 1. The highest BCUT2D eigenvalue weighted by atomic mass is 32.2. The Kier molecular flexibility index (Phi) is 7.02. The molecule has 2 aromatic heterocycles. The zero-order chi connectivity index (χ0) is 21.6. The summed E-state index contributed by atoms with van der Waals surface area (Å²) >= 11 is 1.44. The van der Waals surface area contributed by atoms with Crippen molar-refractivity contribution in [1.29, 1.82) is 0 Å². The van der Waals surface area contributed by atoms with Crippen LogP contribution in [0.2, 0.25) is 0 Å². The quantitative estimate of drug-likeness (QED) is 0.523. The van der Waals surface area contributed by atoms with E-state index in [1.807, 2.05) is 18.3 Å². The van der Waals surface area contributed by atoms with Crippen molar-refractivity contribution < 1.29 is 4.79 Å². The van der Waals surface area contributed by atoms with Gasteiger partial charge in [0.2, 0.25) is 5.91 Å². The fourth-order valence-corrected chi connectivity index (χ4v) is 4.97. The molecule has 0 spiro atoms. The summed E-state index contributed by atoms with van der Waals surface area (Å²) in [7, 11) is 0. The number of benzene rings is 1. The average Bonchev–Trinajstić information content (AvgIpc) is 3.47. The van der Waals surface area contributed by atoms with Crippen molar-refractivity contribution in [1.82, 2.24) is 25.1 Å². The standard InChI is InChI=1S/C24H29N5OS/c1-3-17-9-7-10-18(4-2)22(17)29-23(19-11-8-14-25-15-19)27-28-24(29)31-16-21(30)26-20-12-5-6-13-20/h7-11,14-15,20H,3-6,12-13,16H2,1-2H3,(H,26,30). The predicted octanol–water partition coefficient (Wildman–Crippen LogP) is 4.61. The molecular weight excluding hydrogens is 406 g/mol. The molecule has 0 radical (unpaired) electrons. The molecule has 3 aromatic rings. The predicted molar refractivity (Wildman–Crippen MR) is 124 cm³/mol. The Hall–Kier alpha value is -2.67. The maximum atomic E-state index is 12.5. The molecule has 1 aliphatic carbocycles. The van der Waals surface area contributed by atoms with Crippen molar-refractivity contribution in [3.63, 3.8) is 0 Å². The number of thioether (sulfide) groups is 1. The van der Waals surface area contributed by atoms with Gasteiger partial charge >= 0.3 is 0 Å². The summed E-state index contributed by atoms with van der Waals surface area (Å²) in [4.78, 5) is 16.8. The summed E-state index contributed by atoms with van der Waals surface area (Å²) in [6.45, 7) is 4.32. The minimum absolute atomic E-state index is 0.0638. The largest absolute Gasteiger partial charge is 0.353 e. The van der Waals surface area contributed by atoms with Gasteiger partial charge in [0.25, 0.3) is 0 Å². The van der Waals surface area contributed by atoms with Crippen molar-refractivity contribution in [3.8, 4) is 17.1 Å². The Morgan fingerprint density at radius 1 is 1.10 bits per heavy atom. The van der Waals surface area contributed by atoms with Gasteiger partial charge in [0.05, 0.1) is 11.4 Å².